The quantitative estimate of drug-likeness (QED) is 0.416. The van der Waals surface area contributed by atoms with Crippen LogP contribution in [0.3, 0.4) is 0 Å². The molecule has 0 aromatic carbocycles. The Bertz CT molecular complexity index is 241. The van der Waals surface area contributed by atoms with E-state index in [1.165, 1.54) is 13.2 Å². The highest BCUT2D eigenvalue weighted by Crippen LogP contribution is 2.11. The molecule has 0 saturated carbocycles. The molecule has 3 heteroatoms. The van der Waals surface area contributed by atoms with Gasteiger partial charge < -0.3 is 9.84 Å². The maximum Gasteiger partial charge on any atom is 0.330 e. The second kappa shape index (κ2) is 6.38. The van der Waals surface area contributed by atoms with Crippen LogP contribution in [0.1, 0.15) is 26.7 Å². The summed E-state index contributed by atoms with van der Waals surface area (Å²) in [5, 5.41) is 9.42. The van der Waals surface area contributed by atoms with Gasteiger partial charge in [0.1, 0.15) is 0 Å². The molecule has 0 aliphatic heterocycles. The molecule has 0 aliphatic carbocycles. The second-order valence-corrected chi connectivity index (χ2v) is 3.41. The molecule has 0 rings (SSSR count). The fourth-order valence-electron chi connectivity index (χ4n) is 0.943. The average Bonchev–Trinajstić information content (AvgIpc) is 2.13. The number of rotatable bonds is 5. The second-order valence-electron chi connectivity index (χ2n) is 3.41. The molecule has 0 aliphatic rings. The Kier molecular flexibility index (Phi) is 5.88. The number of allylic oxidation sites excluding steroid dienone is 1. The predicted molar refractivity (Wildman–Crippen MR) is 55.8 cm³/mol. The fourth-order valence-corrected chi connectivity index (χ4v) is 0.943. The summed E-state index contributed by atoms with van der Waals surface area (Å²) in [6.45, 7) is 7.27. The van der Waals surface area contributed by atoms with E-state index in [-0.39, 0.29) is 5.97 Å². The van der Waals surface area contributed by atoms with Gasteiger partial charge in [0.15, 0.2) is 0 Å². The maximum absolute atomic E-state index is 10.8. The molecule has 1 atom stereocenters. The molecule has 1 N–H and O–H groups in total. The summed E-state index contributed by atoms with van der Waals surface area (Å²) in [4.78, 5) is 10.8. The summed E-state index contributed by atoms with van der Waals surface area (Å²) in [7, 11) is 1.34. The molecule has 0 saturated heterocycles. The van der Waals surface area contributed by atoms with Gasteiger partial charge in [-0.25, -0.2) is 4.79 Å². The largest absolute Gasteiger partial charge is 0.466 e. The van der Waals surface area contributed by atoms with E-state index in [9.17, 15) is 9.90 Å². The van der Waals surface area contributed by atoms with E-state index in [0.29, 0.717) is 12.8 Å². The van der Waals surface area contributed by atoms with Crippen molar-refractivity contribution in [2.45, 2.75) is 32.8 Å². The number of aliphatic hydroxyl groups excluding tert-OH is 1. The monoisotopic (exact) mass is 198 g/mol. The van der Waals surface area contributed by atoms with Crippen LogP contribution in [0.4, 0.5) is 0 Å². The molecule has 80 valence electrons. The van der Waals surface area contributed by atoms with Crippen molar-refractivity contribution in [3.05, 3.63) is 23.8 Å². The van der Waals surface area contributed by atoms with Crippen LogP contribution in [0.25, 0.3) is 0 Å². The Morgan fingerprint density at radius 3 is 2.57 bits per heavy atom. The van der Waals surface area contributed by atoms with Crippen molar-refractivity contribution in [1.29, 1.82) is 0 Å². The van der Waals surface area contributed by atoms with Gasteiger partial charge in [-0.3, -0.25) is 0 Å². The van der Waals surface area contributed by atoms with Crippen LogP contribution < -0.4 is 0 Å². The van der Waals surface area contributed by atoms with E-state index in [4.69, 9.17) is 0 Å². The van der Waals surface area contributed by atoms with E-state index in [0.717, 1.165) is 11.1 Å². The Labute approximate surface area is 85.1 Å². The first-order chi connectivity index (χ1) is 6.47. The van der Waals surface area contributed by atoms with Gasteiger partial charge in [0, 0.05) is 6.08 Å². The van der Waals surface area contributed by atoms with Crippen molar-refractivity contribution in [2.75, 3.05) is 7.11 Å². The average molecular weight is 198 g/mol. The van der Waals surface area contributed by atoms with E-state index in [1.54, 1.807) is 6.92 Å². The van der Waals surface area contributed by atoms with Crippen molar-refractivity contribution < 1.29 is 14.6 Å². The molecule has 0 aromatic heterocycles. The minimum absolute atomic E-state index is 0.354. The molecule has 0 radical (unpaired) electrons. The Hall–Kier alpha value is -1.09. The molecular weight excluding hydrogens is 180 g/mol. The third kappa shape index (κ3) is 5.54. The van der Waals surface area contributed by atoms with Gasteiger partial charge in [0.2, 0.25) is 0 Å². The van der Waals surface area contributed by atoms with Gasteiger partial charge in [0.05, 0.1) is 13.2 Å². The predicted octanol–water partition coefficient (Wildman–Crippen LogP) is 1.82. The summed E-state index contributed by atoms with van der Waals surface area (Å²) in [6.07, 6.45) is 2.21. The van der Waals surface area contributed by atoms with Crippen LogP contribution in [-0.4, -0.2) is 24.3 Å². The SMILES string of the molecule is C=C(C)C(O)CCC(C)=CC(=O)OC. The molecule has 0 heterocycles. The maximum atomic E-state index is 10.8. The Morgan fingerprint density at radius 1 is 1.57 bits per heavy atom. The number of aliphatic hydroxyl groups is 1. The number of methoxy groups -OCH3 is 1. The molecule has 1 unspecified atom stereocenters. The van der Waals surface area contributed by atoms with Gasteiger partial charge in [-0.2, -0.15) is 0 Å². The van der Waals surface area contributed by atoms with Crippen molar-refractivity contribution in [1.82, 2.24) is 0 Å². The number of esters is 1. The first kappa shape index (κ1) is 12.9. The molecule has 0 fully saturated rings. The smallest absolute Gasteiger partial charge is 0.330 e. The summed E-state index contributed by atoms with van der Waals surface area (Å²) < 4.78 is 4.48. The summed E-state index contributed by atoms with van der Waals surface area (Å²) in [5.41, 5.74) is 1.65. The first-order valence-corrected chi connectivity index (χ1v) is 4.56. The molecule has 0 spiro atoms. The van der Waals surface area contributed by atoms with Gasteiger partial charge in [-0.15, -0.1) is 0 Å². The van der Waals surface area contributed by atoms with E-state index < -0.39 is 6.10 Å². The zero-order valence-electron chi connectivity index (χ0n) is 9.04. The molecule has 0 aromatic rings. The Balaban J connectivity index is 3.96. The highest BCUT2D eigenvalue weighted by molar-refractivity contribution is 5.82. The zero-order valence-corrected chi connectivity index (χ0v) is 9.04. The van der Waals surface area contributed by atoms with Crippen LogP contribution in [-0.2, 0) is 9.53 Å². The van der Waals surface area contributed by atoms with Crippen LogP contribution in [0.2, 0.25) is 0 Å². The third-order valence-electron chi connectivity index (χ3n) is 1.95. The van der Waals surface area contributed by atoms with Crippen LogP contribution >= 0.6 is 0 Å². The number of hydrogen-bond acceptors (Lipinski definition) is 3. The van der Waals surface area contributed by atoms with Gasteiger partial charge >= 0.3 is 5.97 Å². The number of carbonyl (C=O) groups is 1. The van der Waals surface area contributed by atoms with Crippen molar-refractivity contribution in [2.24, 2.45) is 0 Å². The van der Waals surface area contributed by atoms with Crippen LogP contribution in [0.5, 0.6) is 0 Å². The fraction of sp³-hybridized carbons (Fsp3) is 0.545. The molecular formula is C11H18O3. The van der Waals surface area contributed by atoms with Gasteiger partial charge in [0.25, 0.3) is 0 Å². The van der Waals surface area contributed by atoms with E-state index >= 15 is 0 Å². The highest BCUT2D eigenvalue weighted by Gasteiger charge is 2.05. The summed E-state index contributed by atoms with van der Waals surface area (Å²) in [6, 6.07) is 0. The lowest BCUT2D eigenvalue weighted by atomic mass is 10.0. The van der Waals surface area contributed by atoms with E-state index in [2.05, 4.69) is 11.3 Å². The number of hydrogen-bond donors (Lipinski definition) is 1. The standard InChI is InChI=1S/C11H18O3/c1-8(2)10(12)6-5-9(3)7-11(13)14-4/h7,10,12H,1,5-6H2,2-4H3. The first-order valence-electron chi connectivity index (χ1n) is 4.56. The van der Waals surface area contributed by atoms with Crippen molar-refractivity contribution in [3.8, 4) is 0 Å². The number of carbonyl (C=O) groups excluding carboxylic acids is 1. The van der Waals surface area contributed by atoms with Crippen LogP contribution in [0, 0.1) is 0 Å². The lowest BCUT2D eigenvalue weighted by molar-refractivity contribution is -0.134. The van der Waals surface area contributed by atoms with Crippen LogP contribution in [0.15, 0.2) is 23.8 Å². The summed E-state index contributed by atoms with van der Waals surface area (Å²) in [5.74, 6) is -0.354. The minimum atomic E-state index is -0.490. The molecule has 0 amide bonds. The lowest BCUT2D eigenvalue weighted by Gasteiger charge is -2.09. The summed E-state index contributed by atoms with van der Waals surface area (Å²) >= 11 is 0. The third-order valence-corrected chi connectivity index (χ3v) is 1.95. The normalized spacial score (nSPS) is 13.6. The van der Waals surface area contributed by atoms with Crippen molar-refractivity contribution in [3.63, 3.8) is 0 Å². The lowest BCUT2D eigenvalue weighted by Crippen LogP contribution is -2.07. The van der Waals surface area contributed by atoms with Gasteiger partial charge in [-0.1, -0.05) is 17.7 Å². The van der Waals surface area contributed by atoms with E-state index in [1.807, 2.05) is 6.92 Å². The highest BCUT2D eigenvalue weighted by atomic mass is 16.5. The van der Waals surface area contributed by atoms with Gasteiger partial charge in [-0.05, 0) is 26.7 Å². The molecule has 14 heavy (non-hydrogen) atoms. The Morgan fingerprint density at radius 2 is 2.14 bits per heavy atom. The molecule has 3 nitrogen and oxygen atoms in total. The molecule has 0 bridgehead atoms. The van der Waals surface area contributed by atoms with Crippen molar-refractivity contribution >= 4 is 5.97 Å². The minimum Gasteiger partial charge on any atom is -0.466 e. The zero-order chi connectivity index (χ0) is 11.1. The number of ether oxygens (including phenoxy) is 1. The topological polar surface area (TPSA) is 46.5 Å².